The summed E-state index contributed by atoms with van der Waals surface area (Å²) in [6, 6.07) is 15.4. The first kappa shape index (κ1) is 40.2. The number of anilines is 1. The molecule has 0 radical (unpaired) electrons. The summed E-state index contributed by atoms with van der Waals surface area (Å²) in [7, 11) is 1.00. The summed E-state index contributed by atoms with van der Waals surface area (Å²) in [6.45, 7) is 13.1. The molecule has 2 atom stereocenters. The highest BCUT2D eigenvalue weighted by molar-refractivity contribution is 6.01. The Bertz CT molecular complexity index is 1690. The van der Waals surface area contributed by atoms with E-state index in [1.165, 1.54) is 24.8 Å². The van der Waals surface area contributed by atoms with E-state index in [1.54, 1.807) is 16.8 Å². The van der Waals surface area contributed by atoms with Gasteiger partial charge in [0.05, 0.1) is 16.9 Å². The van der Waals surface area contributed by atoms with E-state index in [1.807, 2.05) is 41.0 Å². The van der Waals surface area contributed by atoms with Gasteiger partial charge in [-0.3, -0.25) is 14.4 Å². The Morgan fingerprint density at radius 3 is 2.28 bits per heavy atom. The third-order valence-electron chi connectivity index (χ3n) is 11.2. The molecule has 6 rings (SSSR count). The number of benzene rings is 2. The molecule has 10 nitrogen and oxygen atoms in total. The van der Waals surface area contributed by atoms with Gasteiger partial charge >= 0.3 is 0 Å². The smallest absolute Gasteiger partial charge is 0.274 e. The molecular weight excluding hydrogens is 667 g/mol. The number of rotatable bonds is 13. The van der Waals surface area contributed by atoms with Crippen LogP contribution in [0.1, 0.15) is 123 Å². The second kappa shape index (κ2) is 18.3. The third kappa shape index (κ3) is 9.95. The van der Waals surface area contributed by atoms with Crippen LogP contribution in [0.3, 0.4) is 0 Å². The van der Waals surface area contributed by atoms with Crippen molar-refractivity contribution >= 4 is 23.4 Å². The van der Waals surface area contributed by atoms with E-state index in [0.29, 0.717) is 60.6 Å². The van der Waals surface area contributed by atoms with Crippen LogP contribution in [0.25, 0.3) is 5.69 Å². The van der Waals surface area contributed by atoms with Gasteiger partial charge in [0.25, 0.3) is 11.8 Å². The van der Waals surface area contributed by atoms with E-state index in [-0.39, 0.29) is 29.9 Å². The van der Waals surface area contributed by atoms with Crippen molar-refractivity contribution < 1.29 is 24.2 Å². The SMILES string of the molecule is CCCCN(CCCC)C(=O)c1cc(C)n(-c2ccc(NC(=O)COC3(C)CC4CC(C)CC(C4)C3)cc2C(=O)N2CCc3ccccc3C2)n1.CO. The normalized spacial score (nSPS) is 21.9. The molecule has 0 saturated heterocycles. The van der Waals surface area contributed by atoms with E-state index in [9.17, 15) is 14.4 Å². The number of carbonyl (C=O) groups is 3. The lowest BCUT2D eigenvalue weighted by Gasteiger charge is -2.46. The molecule has 2 unspecified atom stereocenters. The molecule has 2 aromatic carbocycles. The highest BCUT2D eigenvalue weighted by atomic mass is 16.5. The maximum atomic E-state index is 14.4. The van der Waals surface area contributed by atoms with Crippen molar-refractivity contribution in [1.82, 2.24) is 19.6 Å². The molecule has 0 spiro atoms. The Kier molecular flexibility index (Phi) is 13.9. The topological polar surface area (TPSA) is 117 Å². The Hall–Kier alpha value is -4.02. The number of unbranched alkanes of at least 4 members (excludes halogenated alkanes) is 2. The van der Waals surface area contributed by atoms with Crippen LogP contribution < -0.4 is 5.32 Å². The Morgan fingerprint density at radius 1 is 0.962 bits per heavy atom. The average molecular weight is 728 g/mol. The fourth-order valence-electron chi connectivity index (χ4n) is 8.90. The van der Waals surface area contributed by atoms with Crippen LogP contribution >= 0.6 is 0 Å². The number of amides is 3. The predicted octanol–water partition coefficient (Wildman–Crippen LogP) is 7.59. The van der Waals surface area contributed by atoms with Crippen LogP contribution in [-0.4, -0.2) is 81.4 Å². The van der Waals surface area contributed by atoms with Crippen molar-refractivity contribution in [3.63, 3.8) is 0 Å². The van der Waals surface area contributed by atoms with E-state index >= 15 is 0 Å². The van der Waals surface area contributed by atoms with Gasteiger partial charge in [0.15, 0.2) is 5.69 Å². The van der Waals surface area contributed by atoms with E-state index in [4.69, 9.17) is 14.9 Å². The summed E-state index contributed by atoms with van der Waals surface area (Å²) in [5.41, 5.74) is 4.76. The Balaban J connectivity index is 0.00000266. The molecule has 288 valence electrons. The second-order valence-electron chi connectivity index (χ2n) is 15.8. The minimum Gasteiger partial charge on any atom is -0.400 e. The first-order chi connectivity index (χ1) is 25.6. The number of nitrogens with one attached hydrogen (secondary N) is 1. The van der Waals surface area contributed by atoms with E-state index in [0.717, 1.165) is 69.2 Å². The number of hydrogen-bond acceptors (Lipinski definition) is 6. The number of aliphatic hydroxyl groups is 1. The zero-order chi connectivity index (χ0) is 38.1. The van der Waals surface area contributed by atoms with Crippen LogP contribution in [0.15, 0.2) is 48.5 Å². The lowest BCUT2D eigenvalue weighted by atomic mass is 9.64. The number of hydrogen-bond donors (Lipinski definition) is 2. The zero-order valence-electron chi connectivity index (χ0n) is 32.8. The predicted molar refractivity (Wildman–Crippen MR) is 209 cm³/mol. The summed E-state index contributed by atoms with van der Waals surface area (Å²) in [6.07, 6.45) is 10.4. The van der Waals surface area contributed by atoms with Crippen molar-refractivity contribution in [2.24, 2.45) is 17.8 Å². The number of aliphatic hydroxyl groups excluding tert-OH is 1. The largest absolute Gasteiger partial charge is 0.400 e. The monoisotopic (exact) mass is 727 g/mol. The number of carbonyl (C=O) groups excluding carboxylic acids is 3. The third-order valence-corrected chi connectivity index (χ3v) is 11.2. The summed E-state index contributed by atoms with van der Waals surface area (Å²) >= 11 is 0. The fraction of sp³-hybridized carbons (Fsp3) is 0.581. The highest BCUT2D eigenvalue weighted by Gasteiger charge is 2.42. The summed E-state index contributed by atoms with van der Waals surface area (Å²) in [5, 5.41) is 14.8. The van der Waals surface area contributed by atoms with Crippen molar-refractivity contribution in [2.75, 3.05) is 38.7 Å². The van der Waals surface area contributed by atoms with Crippen LogP contribution in [0.5, 0.6) is 0 Å². The summed E-state index contributed by atoms with van der Waals surface area (Å²) < 4.78 is 8.05. The van der Waals surface area contributed by atoms with Gasteiger partial charge in [-0.1, -0.05) is 57.9 Å². The van der Waals surface area contributed by atoms with Gasteiger partial charge in [-0.15, -0.1) is 0 Å². The maximum absolute atomic E-state index is 14.4. The molecule has 3 aromatic rings. The molecule has 2 fully saturated rings. The van der Waals surface area contributed by atoms with Gasteiger partial charge in [-0.2, -0.15) is 5.10 Å². The van der Waals surface area contributed by atoms with Gasteiger partial charge < -0.3 is 25.0 Å². The van der Waals surface area contributed by atoms with Crippen LogP contribution in [-0.2, 0) is 22.5 Å². The minimum absolute atomic E-state index is 0.0320. The molecule has 2 heterocycles. The Labute approximate surface area is 316 Å². The molecule has 1 aromatic heterocycles. The standard InChI is InChI=1S/C42H57N5O4.CH4O/c1-6-8-17-45(18-9-7-2)41(50)37-22-30(4)47(44-37)38-15-14-35(24-36(38)40(49)46-19-16-33-12-10-11-13-34(33)27-46)43-39(48)28-51-42(5)25-31-20-29(3)21-32(23-31)26-42;1-2/h10-15,22,24,29,31-32H,6-9,16-21,23,25-28H2,1-5H3,(H,43,48);2H,1H3. The van der Waals surface area contributed by atoms with Gasteiger partial charge in [0.2, 0.25) is 5.91 Å². The van der Waals surface area contributed by atoms with E-state index in [2.05, 4.69) is 45.1 Å². The molecule has 1 aliphatic heterocycles. The zero-order valence-corrected chi connectivity index (χ0v) is 32.8. The molecule has 2 saturated carbocycles. The van der Waals surface area contributed by atoms with Crippen molar-refractivity contribution in [1.29, 1.82) is 0 Å². The van der Waals surface area contributed by atoms with Gasteiger partial charge in [0.1, 0.15) is 6.61 Å². The fourth-order valence-corrected chi connectivity index (χ4v) is 8.90. The number of fused-ring (bicyclic) bond motifs is 3. The molecule has 2 aliphatic carbocycles. The quantitative estimate of drug-likeness (QED) is 0.188. The summed E-state index contributed by atoms with van der Waals surface area (Å²) in [5.74, 6) is 1.64. The first-order valence-electron chi connectivity index (χ1n) is 19.8. The van der Waals surface area contributed by atoms with Crippen LogP contribution in [0.4, 0.5) is 5.69 Å². The lowest BCUT2D eigenvalue weighted by Crippen LogP contribution is -2.43. The number of nitrogens with zero attached hydrogens (tertiary/aromatic N) is 4. The molecule has 3 amide bonds. The average Bonchev–Trinajstić information content (AvgIpc) is 3.54. The number of aryl methyl sites for hydroxylation is 1. The molecule has 10 heteroatoms. The van der Waals surface area contributed by atoms with Gasteiger partial charge in [-0.05, 0) is 118 Å². The van der Waals surface area contributed by atoms with Crippen molar-refractivity contribution in [3.05, 3.63) is 76.6 Å². The van der Waals surface area contributed by atoms with E-state index < -0.39 is 0 Å². The second-order valence-corrected chi connectivity index (χ2v) is 15.8. The molecular formula is C43H61N5O5. The number of aromatic nitrogens is 2. The van der Waals surface area contributed by atoms with Crippen LogP contribution in [0.2, 0.25) is 0 Å². The van der Waals surface area contributed by atoms with Gasteiger partial charge in [0, 0.05) is 44.7 Å². The lowest BCUT2D eigenvalue weighted by molar-refractivity contribution is -0.136. The first-order valence-corrected chi connectivity index (χ1v) is 19.8. The van der Waals surface area contributed by atoms with Gasteiger partial charge in [-0.25, -0.2) is 4.68 Å². The molecule has 53 heavy (non-hydrogen) atoms. The highest BCUT2D eigenvalue weighted by Crippen LogP contribution is 2.47. The molecule has 2 N–H and O–H groups in total. The van der Waals surface area contributed by atoms with Crippen molar-refractivity contribution in [2.45, 2.75) is 111 Å². The van der Waals surface area contributed by atoms with Crippen molar-refractivity contribution in [3.8, 4) is 5.69 Å². The molecule has 2 bridgehead atoms. The Morgan fingerprint density at radius 2 is 1.62 bits per heavy atom. The number of ether oxygens (including phenoxy) is 1. The molecule has 3 aliphatic rings. The maximum Gasteiger partial charge on any atom is 0.274 e. The summed E-state index contributed by atoms with van der Waals surface area (Å²) in [4.78, 5) is 45.2. The van der Waals surface area contributed by atoms with Crippen LogP contribution in [0, 0.1) is 24.7 Å². The minimum atomic E-state index is -0.296.